The highest BCUT2D eigenvalue weighted by molar-refractivity contribution is 5.93. The van der Waals surface area contributed by atoms with Gasteiger partial charge in [0.2, 0.25) is 0 Å². The molecule has 0 bridgehead atoms. The zero-order valence-corrected chi connectivity index (χ0v) is 16.5. The summed E-state index contributed by atoms with van der Waals surface area (Å²) in [5.41, 5.74) is 2.93. The van der Waals surface area contributed by atoms with Gasteiger partial charge in [-0.15, -0.1) is 0 Å². The Morgan fingerprint density at radius 2 is 2.00 bits per heavy atom. The Balaban J connectivity index is 2.78. The summed E-state index contributed by atoms with van der Waals surface area (Å²) in [6.07, 6.45) is 1.03. The van der Waals surface area contributed by atoms with Crippen LogP contribution < -0.4 is 0 Å². The molecule has 1 aromatic carbocycles. The monoisotopic (exact) mass is 364 g/mol. The van der Waals surface area contributed by atoms with Gasteiger partial charge in [0, 0.05) is 35.8 Å². The number of halogens is 1. The number of aryl methyl sites for hydroxylation is 1. The number of phenols is 1. The molecular formula is C20H29FN2O3. The van der Waals surface area contributed by atoms with Crippen molar-refractivity contribution in [2.75, 3.05) is 21.2 Å². The van der Waals surface area contributed by atoms with Crippen LogP contribution in [0.25, 0.3) is 10.9 Å². The number of nitrogens with zero attached hydrogens (tertiary/aromatic N) is 2. The summed E-state index contributed by atoms with van der Waals surface area (Å²) in [6, 6.07) is 1.37. The van der Waals surface area contributed by atoms with Crippen molar-refractivity contribution >= 4 is 16.9 Å². The average molecular weight is 364 g/mol. The molecule has 1 aromatic heterocycles. The lowest BCUT2D eigenvalue weighted by Gasteiger charge is -2.15. The lowest BCUT2D eigenvalue weighted by atomic mass is 10.0. The van der Waals surface area contributed by atoms with Crippen LogP contribution in [-0.2, 0) is 29.0 Å². The molecule has 0 aliphatic carbocycles. The third-order valence-corrected chi connectivity index (χ3v) is 4.72. The van der Waals surface area contributed by atoms with Gasteiger partial charge in [0.15, 0.2) is 11.6 Å². The standard InChI is InChI=1S/C20H29FN2O3/c1-12(2)7-8-23-13(3)14(9-18(24)26-6)19-15(11-22(4)5)20(25)16(21)10-17(19)23/h10,12,25H,7-9,11H2,1-6H3. The predicted octanol–water partition coefficient (Wildman–Crippen LogP) is 3.62. The molecule has 0 fully saturated rings. The van der Waals surface area contributed by atoms with E-state index in [2.05, 4.69) is 18.4 Å². The first-order chi connectivity index (χ1) is 12.2. The molecule has 26 heavy (non-hydrogen) atoms. The summed E-state index contributed by atoms with van der Waals surface area (Å²) >= 11 is 0. The fraction of sp³-hybridized carbons (Fsp3) is 0.550. The van der Waals surface area contributed by atoms with E-state index in [0.29, 0.717) is 23.5 Å². The highest BCUT2D eigenvalue weighted by Gasteiger charge is 2.24. The molecule has 0 atom stereocenters. The number of aromatic nitrogens is 1. The van der Waals surface area contributed by atoms with Crippen LogP contribution in [0.5, 0.6) is 5.75 Å². The minimum absolute atomic E-state index is 0.0962. The first-order valence-electron chi connectivity index (χ1n) is 8.90. The second-order valence-electron chi connectivity index (χ2n) is 7.47. The van der Waals surface area contributed by atoms with E-state index >= 15 is 0 Å². The lowest BCUT2D eigenvalue weighted by molar-refractivity contribution is -0.139. The van der Waals surface area contributed by atoms with Crippen LogP contribution in [0.3, 0.4) is 0 Å². The Labute approximate surface area is 154 Å². The van der Waals surface area contributed by atoms with Crippen LogP contribution in [0.15, 0.2) is 6.07 Å². The molecule has 0 spiro atoms. The Morgan fingerprint density at radius 1 is 1.35 bits per heavy atom. The quantitative estimate of drug-likeness (QED) is 0.763. The SMILES string of the molecule is COC(=O)Cc1c(C)n(CCC(C)C)c2cc(F)c(O)c(CN(C)C)c12. The first-order valence-corrected chi connectivity index (χ1v) is 8.90. The number of hydrogen-bond acceptors (Lipinski definition) is 4. The van der Waals surface area contributed by atoms with Gasteiger partial charge in [-0.2, -0.15) is 0 Å². The molecule has 0 amide bonds. The largest absolute Gasteiger partial charge is 0.505 e. The number of esters is 1. The van der Waals surface area contributed by atoms with Gasteiger partial charge in [-0.25, -0.2) is 4.39 Å². The molecule has 5 nitrogen and oxygen atoms in total. The smallest absolute Gasteiger partial charge is 0.310 e. The van der Waals surface area contributed by atoms with Crippen molar-refractivity contribution in [3.05, 3.63) is 28.7 Å². The second kappa shape index (κ2) is 8.08. The number of rotatable bonds is 7. The van der Waals surface area contributed by atoms with E-state index in [-0.39, 0.29) is 18.1 Å². The van der Waals surface area contributed by atoms with Gasteiger partial charge >= 0.3 is 5.97 Å². The predicted molar refractivity (Wildman–Crippen MR) is 101 cm³/mol. The van der Waals surface area contributed by atoms with Gasteiger partial charge in [-0.05, 0) is 38.9 Å². The number of carbonyl (C=O) groups excluding carboxylic acids is 1. The first kappa shape index (κ1) is 20.2. The van der Waals surface area contributed by atoms with Crippen LogP contribution in [0.4, 0.5) is 4.39 Å². The van der Waals surface area contributed by atoms with Crippen molar-refractivity contribution in [3.8, 4) is 5.75 Å². The van der Waals surface area contributed by atoms with E-state index in [4.69, 9.17) is 4.74 Å². The number of ether oxygens (including phenoxy) is 1. The highest BCUT2D eigenvalue weighted by atomic mass is 19.1. The minimum atomic E-state index is -0.637. The summed E-state index contributed by atoms with van der Waals surface area (Å²) in [6.45, 7) is 7.32. The highest BCUT2D eigenvalue weighted by Crippen LogP contribution is 2.37. The maximum Gasteiger partial charge on any atom is 0.310 e. The number of methoxy groups -OCH3 is 1. The average Bonchev–Trinajstić information content (AvgIpc) is 2.81. The molecule has 1 heterocycles. The van der Waals surface area contributed by atoms with E-state index in [1.54, 1.807) is 0 Å². The normalized spacial score (nSPS) is 11.7. The molecule has 0 saturated carbocycles. The van der Waals surface area contributed by atoms with Gasteiger partial charge < -0.3 is 19.3 Å². The second-order valence-corrected chi connectivity index (χ2v) is 7.47. The molecule has 0 radical (unpaired) electrons. The van der Waals surface area contributed by atoms with Gasteiger partial charge in [0.1, 0.15) is 0 Å². The van der Waals surface area contributed by atoms with Gasteiger partial charge in [-0.3, -0.25) is 4.79 Å². The van der Waals surface area contributed by atoms with Gasteiger partial charge in [0.05, 0.1) is 19.0 Å². The number of carbonyl (C=O) groups is 1. The maximum atomic E-state index is 14.4. The van der Waals surface area contributed by atoms with E-state index in [0.717, 1.165) is 29.6 Å². The van der Waals surface area contributed by atoms with Crippen molar-refractivity contribution in [2.24, 2.45) is 5.92 Å². The molecule has 6 heteroatoms. The summed E-state index contributed by atoms with van der Waals surface area (Å²) in [5, 5.41) is 11.1. The molecule has 0 aliphatic heterocycles. The van der Waals surface area contributed by atoms with E-state index in [1.807, 2.05) is 25.9 Å². The molecule has 0 saturated heterocycles. The third kappa shape index (κ3) is 4.01. The molecule has 0 unspecified atom stereocenters. The van der Waals surface area contributed by atoms with Crippen LogP contribution in [0.2, 0.25) is 0 Å². The number of fused-ring (bicyclic) bond motifs is 1. The van der Waals surface area contributed by atoms with Gasteiger partial charge in [0.25, 0.3) is 0 Å². The summed E-state index contributed by atoms with van der Waals surface area (Å²) in [7, 11) is 5.07. The molecule has 144 valence electrons. The maximum absolute atomic E-state index is 14.4. The molecule has 2 aromatic rings. The van der Waals surface area contributed by atoms with Crippen molar-refractivity contribution in [1.82, 2.24) is 9.47 Å². The lowest BCUT2D eigenvalue weighted by Crippen LogP contribution is -2.12. The van der Waals surface area contributed by atoms with Gasteiger partial charge in [-0.1, -0.05) is 13.8 Å². The fourth-order valence-electron chi connectivity index (χ4n) is 3.33. The van der Waals surface area contributed by atoms with Crippen molar-refractivity contribution < 1.29 is 19.0 Å². The van der Waals surface area contributed by atoms with Crippen molar-refractivity contribution in [1.29, 1.82) is 0 Å². The Morgan fingerprint density at radius 3 is 2.54 bits per heavy atom. The zero-order chi connectivity index (χ0) is 19.6. The minimum Gasteiger partial charge on any atom is -0.505 e. The summed E-state index contributed by atoms with van der Waals surface area (Å²) < 4.78 is 21.3. The third-order valence-electron chi connectivity index (χ3n) is 4.72. The Hall–Kier alpha value is -2.08. The summed E-state index contributed by atoms with van der Waals surface area (Å²) in [5.74, 6) is -0.838. The molecule has 0 aliphatic rings. The Kier molecular flexibility index (Phi) is 6.29. The number of aromatic hydroxyl groups is 1. The molecule has 1 N–H and O–H groups in total. The van der Waals surface area contributed by atoms with E-state index in [1.165, 1.54) is 13.2 Å². The summed E-state index contributed by atoms with van der Waals surface area (Å²) in [4.78, 5) is 13.8. The van der Waals surface area contributed by atoms with Crippen molar-refractivity contribution in [3.63, 3.8) is 0 Å². The van der Waals surface area contributed by atoms with Crippen LogP contribution >= 0.6 is 0 Å². The topological polar surface area (TPSA) is 54.7 Å². The van der Waals surface area contributed by atoms with Crippen molar-refractivity contribution in [2.45, 2.75) is 46.7 Å². The fourth-order valence-corrected chi connectivity index (χ4v) is 3.33. The molecular weight excluding hydrogens is 335 g/mol. The zero-order valence-electron chi connectivity index (χ0n) is 16.5. The van der Waals surface area contributed by atoms with Crippen LogP contribution in [0.1, 0.15) is 37.1 Å². The molecule has 2 rings (SSSR count). The van der Waals surface area contributed by atoms with Crippen LogP contribution in [0, 0.1) is 18.7 Å². The Bertz CT molecular complexity index is 809. The number of hydrogen-bond donors (Lipinski definition) is 1. The number of benzene rings is 1. The van der Waals surface area contributed by atoms with E-state index < -0.39 is 5.82 Å². The number of phenolic OH excluding ortho intramolecular Hbond substituents is 1. The van der Waals surface area contributed by atoms with Crippen LogP contribution in [-0.4, -0.2) is 41.7 Å². The van der Waals surface area contributed by atoms with E-state index in [9.17, 15) is 14.3 Å².